The molecule has 2 N–H and O–H groups in total. The Morgan fingerprint density at radius 3 is 2.70 bits per heavy atom. The van der Waals surface area contributed by atoms with Crippen LogP contribution in [-0.4, -0.2) is 39.7 Å². The fourth-order valence-corrected chi connectivity index (χ4v) is 3.65. The van der Waals surface area contributed by atoms with Gasteiger partial charge in [0.2, 0.25) is 5.90 Å². The molecule has 1 aliphatic rings. The maximum Gasteiger partial charge on any atom is 0.330 e. The van der Waals surface area contributed by atoms with Gasteiger partial charge in [0.1, 0.15) is 17.0 Å². The van der Waals surface area contributed by atoms with Crippen LogP contribution in [0, 0.1) is 6.92 Å². The van der Waals surface area contributed by atoms with Gasteiger partial charge in [0.05, 0.1) is 16.8 Å². The molecule has 122 valence electrons. The average Bonchev–Trinajstić information content (AvgIpc) is 3.06. The van der Waals surface area contributed by atoms with Gasteiger partial charge in [-0.1, -0.05) is 0 Å². The van der Waals surface area contributed by atoms with Crippen molar-refractivity contribution in [1.82, 2.24) is 9.55 Å². The van der Waals surface area contributed by atoms with Gasteiger partial charge in [-0.3, -0.25) is 9.78 Å². The molecule has 8 nitrogen and oxygen atoms in total. The lowest BCUT2D eigenvalue weighted by molar-refractivity contribution is -0.146. The number of nitrogens with one attached hydrogen (secondary N) is 1. The van der Waals surface area contributed by atoms with Crippen LogP contribution in [0.1, 0.15) is 24.3 Å². The molecule has 23 heavy (non-hydrogen) atoms. The predicted octanol–water partition coefficient (Wildman–Crippen LogP) is 0.656. The van der Waals surface area contributed by atoms with Crippen molar-refractivity contribution in [2.75, 3.05) is 13.2 Å². The standard InChI is InChI=1S/C14H15N3O5S/c1-6-7-10(23-8(6)9-15-4-5-22-9)16-13(21)17(11(7)18)14(2,3)12(19)20/h4-5H2,1-3H3,(H,16,21)(H,19,20). The number of carbonyl (C=O) groups is 1. The Morgan fingerprint density at radius 1 is 1.43 bits per heavy atom. The zero-order valence-electron chi connectivity index (χ0n) is 12.8. The number of ether oxygens (including phenoxy) is 1. The van der Waals surface area contributed by atoms with Gasteiger partial charge in [-0.2, -0.15) is 0 Å². The van der Waals surface area contributed by atoms with Crippen LogP contribution in [0.3, 0.4) is 0 Å². The molecule has 0 unspecified atom stereocenters. The lowest BCUT2D eigenvalue weighted by Crippen LogP contribution is -2.50. The van der Waals surface area contributed by atoms with Crippen molar-refractivity contribution in [2.45, 2.75) is 26.3 Å². The van der Waals surface area contributed by atoms with E-state index in [1.807, 2.05) is 0 Å². The van der Waals surface area contributed by atoms with Crippen molar-refractivity contribution in [3.8, 4) is 0 Å². The number of hydrogen-bond acceptors (Lipinski definition) is 6. The van der Waals surface area contributed by atoms with Gasteiger partial charge < -0.3 is 9.84 Å². The van der Waals surface area contributed by atoms with Crippen molar-refractivity contribution in [2.24, 2.45) is 4.99 Å². The Morgan fingerprint density at radius 2 is 2.13 bits per heavy atom. The minimum Gasteiger partial charge on any atom is -0.480 e. The number of aryl methyl sites for hydroxylation is 1. The maximum absolute atomic E-state index is 12.8. The summed E-state index contributed by atoms with van der Waals surface area (Å²) in [7, 11) is 0. The lowest BCUT2D eigenvalue weighted by Gasteiger charge is -2.21. The molecule has 3 rings (SSSR count). The summed E-state index contributed by atoms with van der Waals surface area (Å²) in [5.41, 5.74) is -2.41. The number of H-pyrrole nitrogens is 1. The summed E-state index contributed by atoms with van der Waals surface area (Å²) in [4.78, 5) is 44.3. The van der Waals surface area contributed by atoms with E-state index in [4.69, 9.17) is 4.74 Å². The highest BCUT2D eigenvalue weighted by atomic mass is 32.1. The molecule has 0 radical (unpaired) electrons. The van der Waals surface area contributed by atoms with Crippen LogP contribution in [0.15, 0.2) is 14.6 Å². The minimum atomic E-state index is -1.66. The van der Waals surface area contributed by atoms with Gasteiger partial charge in [0.15, 0.2) is 0 Å². The number of aliphatic carboxylic acids is 1. The Labute approximate surface area is 134 Å². The summed E-state index contributed by atoms with van der Waals surface area (Å²) < 4.78 is 6.16. The number of aromatic nitrogens is 2. The summed E-state index contributed by atoms with van der Waals surface area (Å²) in [6.45, 7) is 5.39. The highest BCUT2D eigenvalue weighted by Crippen LogP contribution is 2.28. The molecule has 0 aliphatic carbocycles. The summed E-state index contributed by atoms with van der Waals surface area (Å²) in [5.74, 6) is -0.811. The van der Waals surface area contributed by atoms with E-state index in [1.54, 1.807) is 6.92 Å². The number of fused-ring (bicyclic) bond motifs is 1. The Kier molecular flexibility index (Phi) is 3.40. The summed E-state index contributed by atoms with van der Waals surface area (Å²) >= 11 is 1.21. The molecule has 0 fully saturated rings. The Bertz CT molecular complexity index is 963. The van der Waals surface area contributed by atoms with Gasteiger partial charge in [0, 0.05) is 0 Å². The number of hydrogen-bond donors (Lipinski definition) is 2. The molecule has 2 aromatic heterocycles. The molecule has 3 heterocycles. The van der Waals surface area contributed by atoms with Gasteiger partial charge in [-0.15, -0.1) is 11.3 Å². The zero-order chi connectivity index (χ0) is 16.9. The molecule has 0 aromatic carbocycles. The summed E-state index contributed by atoms with van der Waals surface area (Å²) in [6, 6.07) is 0. The molecule has 0 amide bonds. The van der Waals surface area contributed by atoms with E-state index < -0.39 is 22.8 Å². The topological polar surface area (TPSA) is 114 Å². The number of nitrogens with zero attached hydrogens (tertiary/aromatic N) is 2. The fourth-order valence-electron chi connectivity index (χ4n) is 2.50. The van der Waals surface area contributed by atoms with Gasteiger partial charge in [-0.05, 0) is 26.3 Å². The number of aromatic amines is 1. The van der Waals surface area contributed by atoms with E-state index in [-0.39, 0.29) is 5.39 Å². The van der Waals surface area contributed by atoms with Crippen LogP contribution < -0.4 is 11.2 Å². The van der Waals surface area contributed by atoms with Crippen LogP contribution in [0.4, 0.5) is 0 Å². The van der Waals surface area contributed by atoms with E-state index in [2.05, 4.69) is 9.98 Å². The number of rotatable bonds is 3. The molecule has 0 spiro atoms. The highest BCUT2D eigenvalue weighted by molar-refractivity contribution is 7.20. The largest absolute Gasteiger partial charge is 0.480 e. The third kappa shape index (κ3) is 2.19. The SMILES string of the molecule is Cc1c(C2=NCCO2)sc2[nH]c(=O)n(C(C)(C)C(=O)O)c(=O)c12. The second kappa shape index (κ2) is 5.05. The first kappa shape index (κ1) is 15.5. The summed E-state index contributed by atoms with van der Waals surface area (Å²) in [5, 5.41) is 9.60. The van der Waals surface area contributed by atoms with Crippen LogP contribution >= 0.6 is 11.3 Å². The first-order valence-corrected chi connectivity index (χ1v) is 7.76. The fraction of sp³-hybridized carbons (Fsp3) is 0.429. The van der Waals surface area contributed by atoms with Crippen LogP contribution in [0.25, 0.3) is 10.2 Å². The smallest absolute Gasteiger partial charge is 0.330 e. The van der Waals surface area contributed by atoms with Gasteiger partial charge in [0.25, 0.3) is 5.56 Å². The molecule has 1 aliphatic heterocycles. The normalized spacial score (nSPS) is 14.8. The third-order valence-electron chi connectivity index (χ3n) is 3.85. The van der Waals surface area contributed by atoms with E-state index in [0.717, 1.165) is 4.57 Å². The highest BCUT2D eigenvalue weighted by Gasteiger charge is 2.34. The van der Waals surface area contributed by atoms with E-state index >= 15 is 0 Å². The van der Waals surface area contributed by atoms with Gasteiger partial charge in [-0.25, -0.2) is 19.1 Å². The number of thiophene rings is 1. The predicted molar refractivity (Wildman–Crippen MR) is 85.8 cm³/mol. The van der Waals surface area contributed by atoms with E-state index in [1.165, 1.54) is 25.2 Å². The van der Waals surface area contributed by atoms with Crippen LogP contribution in [0.2, 0.25) is 0 Å². The molecule has 0 saturated carbocycles. The van der Waals surface area contributed by atoms with E-state index in [0.29, 0.717) is 34.3 Å². The van der Waals surface area contributed by atoms with Crippen LogP contribution in [-0.2, 0) is 15.1 Å². The number of carboxylic acid groups (broad SMARTS) is 1. The quantitative estimate of drug-likeness (QED) is 0.854. The molecule has 9 heteroatoms. The van der Waals surface area contributed by atoms with Crippen molar-refractivity contribution < 1.29 is 14.6 Å². The minimum absolute atomic E-state index is 0.289. The van der Waals surface area contributed by atoms with Crippen molar-refractivity contribution >= 4 is 33.4 Å². The summed E-state index contributed by atoms with van der Waals surface area (Å²) in [6.07, 6.45) is 0. The average molecular weight is 337 g/mol. The number of aliphatic imine (C=N–C) groups is 1. The van der Waals surface area contributed by atoms with Crippen molar-refractivity contribution in [3.05, 3.63) is 31.3 Å². The maximum atomic E-state index is 12.8. The van der Waals surface area contributed by atoms with Crippen molar-refractivity contribution in [1.29, 1.82) is 0 Å². The molecular formula is C14H15N3O5S. The van der Waals surface area contributed by atoms with Gasteiger partial charge >= 0.3 is 11.7 Å². The Hall–Kier alpha value is -2.42. The monoisotopic (exact) mass is 337 g/mol. The molecule has 0 saturated heterocycles. The second-order valence-corrected chi connectivity index (χ2v) is 6.75. The zero-order valence-corrected chi connectivity index (χ0v) is 13.6. The molecule has 2 aromatic rings. The molecule has 0 bridgehead atoms. The first-order chi connectivity index (χ1) is 10.7. The first-order valence-electron chi connectivity index (χ1n) is 6.95. The van der Waals surface area contributed by atoms with Crippen LogP contribution in [0.5, 0.6) is 0 Å². The Balaban J connectivity index is 2.36. The lowest BCUT2D eigenvalue weighted by atomic mass is 10.1. The third-order valence-corrected chi connectivity index (χ3v) is 5.04. The second-order valence-electron chi connectivity index (χ2n) is 5.73. The van der Waals surface area contributed by atoms with Crippen molar-refractivity contribution in [3.63, 3.8) is 0 Å². The number of carboxylic acids is 1. The molecule has 0 atom stereocenters. The molecular weight excluding hydrogens is 322 g/mol. The van der Waals surface area contributed by atoms with E-state index in [9.17, 15) is 19.5 Å².